The van der Waals surface area contributed by atoms with Crippen molar-refractivity contribution in [2.75, 3.05) is 18.5 Å². The van der Waals surface area contributed by atoms with Crippen LogP contribution in [0.4, 0.5) is 10.5 Å². The van der Waals surface area contributed by atoms with E-state index in [4.69, 9.17) is 10.00 Å². The van der Waals surface area contributed by atoms with Crippen LogP contribution in [0.1, 0.15) is 18.1 Å². The number of hydrogen-bond donors (Lipinski definition) is 2. The van der Waals surface area contributed by atoms with E-state index in [0.29, 0.717) is 24.4 Å². The van der Waals surface area contributed by atoms with E-state index in [-0.39, 0.29) is 6.03 Å². The van der Waals surface area contributed by atoms with Gasteiger partial charge < -0.3 is 15.4 Å². The summed E-state index contributed by atoms with van der Waals surface area (Å²) in [6.45, 7) is 2.89. The van der Waals surface area contributed by atoms with Gasteiger partial charge in [0.2, 0.25) is 0 Å². The van der Waals surface area contributed by atoms with Gasteiger partial charge in [-0.15, -0.1) is 0 Å². The first kappa shape index (κ1) is 16.4. The smallest absolute Gasteiger partial charge is 0.319 e. The van der Waals surface area contributed by atoms with Crippen molar-refractivity contribution in [3.05, 3.63) is 59.7 Å². The largest absolute Gasteiger partial charge is 0.492 e. The summed E-state index contributed by atoms with van der Waals surface area (Å²) in [5, 5.41) is 14.1. The molecule has 0 unspecified atom stereocenters. The first-order chi connectivity index (χ1) is 11.2. The van der Waals surface area contributed by atoms with Gasteiger partial charge in [0.05, 0.1) is 18.2 Å². The Balaban J connectivity index is 1.71. The number of amides is 2. The molecule has 5 heteroatoms. The number of carbonyl (C=O) groups excluding carboxylic acids is 1. The predicted molar refractivity (Wildman–Crippen MR) is 89.5 cm³/mol. The number of nitrogens with one attached hydrogen (secondary N) is 2. The van der Waals surface area contributed by atoms with E-state index in [0.717, 1.165) is 12.2 Å². The second-order valence-electron chi connectivity index (χ2n) is 4.92. The van der Waals surface area contributed by atoms with E-state index in [1.54, 1.807) is 24.3 Å². The maximum absolute atomic E-state index is 11.7. The minimum atomic E-state index is -0.305. The Morgan fingerprint density at radius 3 is 2.70 bits per heavy atom. The predicted octanol–water partition coefficient (Wildman–Crippen LogP) is 3.32. The van der Waals surface area contributed by atoms with Crippen LogP contribution in [0.5, 0.6) is 5.75 Å². The van der Waals surface area contributed by atoms with Crippen LogP contribution in [-0.4, -0.2) is 19.2 Å². The Morgan fingerprint density at radius 1 is 1.22 bits per heavy atom. The van der Waals surface area contributed by atoms with Crippen molar-refractivity contribution in [1.29, 1.82) is 5.26 Å². The molecule has 5 nitrogen and oxygen atoms in total. The summed E-state index contributed by atoms with van der Waals surface area (Å²) in [4.78, 5) is 11.7. The van der Waals surface area contributed by atoms with Crippen LogP contribution in [0, 0.1) is 11.3 Å². The number of nitriles is 1. The fourth-order valence-corrected chi connectivity index (χ4v) is 1.99. The molecule has 118 valence electrons. The molecule has 0 fully saturated rings. The van der Waals surface area contributed by atoms with Crippen LogP contribution < -0.4 is 15.4 Å². The highest BCUT2D eigenvalue weighted by Gasteiger charge is 2.01. The van der Waals surface area contributed by atoms with E-state index < -0.39 is 0 Å². The van der Waals surface area contributed by atoms with Crippen molar-refractivity contribution >= 4 is 11.7 Å². The van der Waals surface area contributed by atoms with Crippen LogP contribution >= 0.6 is 0 Å². The van der Waals surface area contributed by atoms with Crippen molar-refractivity contribution in [3.63, 3.8) is 0 Å². The zero-order valence-electron chi connectivity index (χ0n) is 13.0. The molecule has 23 heavy (non-hydrogen) atoms. The number of aryl methyl sites for hydroxylation is 1. The van der Waals surface area contributed by atoms with E-state index >= 15 is 0 Å². The highest BCUT2D eigenvalue weighted by Crippen LogP contribution is 2.13. The summed E-state index contributed by atoms with van der Waals surface area (Å²) in [7, 11) is 0. The van der Waals surface area contributed by atoms with Crippen LogP contribution in [0.3, 0.4) is 0 Å². The topological polar surface area (TPSA) is 74.2 Å². The van der Waals surface area contributed by atoms with E-state index in [1.165, 1.54) is 5.56 Å². The van der Waals surface area contributed by atoms with Gasteiger partial charge in [0.25, 0.3) is 0 Å². The maximum atomic E-state index is 11.7. The highest BCUT2D eigenvalue weighted by atomic mass is 16.5. The zero-order valence-corrected chi connectivity index (χ0v) is 13.0. The average molecular weight is 309 g/mol. The van der Waals surface area contributed by atoms with Crippen molar-refractivity contribution < 1.29 is 9.53 Å². The number of anilines is 1. The summed E-state index contributed by atoms with van der Waals surface area (Å²) >= 11 is 0. The Hall–Kier alpha value is -3.00. The third-order valence-electron chi connectivity index (χ3n) is 3.23. The molecule has 0 spiro atoms. The molecular formula is C18H19N3O2. The molecule has 0 aromatic heterocycles. The molecule has 0 saturated heterocycles. The number of hydrogen-bond acceptors (Lipinski definition) is 3. The molecule has 0 aliphatic heterocycles. The average Bonchev–Trinajstić information content (AvgIpc) is 2.59. The first-order valence-corrected chi connectivity index (χ1v) is 7.48. The van der Waals surface area contributed by atoms with Gasteiger partial charge in [-0.3, -0.25) is 0 Å². The summed E-state index contributed by atoms with van der Waals surface area (Å²) in [5.41, 5.74) is 2.41. The molecule has 2 N–H and O–H groups in total. The van der Waals surface area contributed by atoms with E-state index in [1.807, 2.05) is 24.3 Å². The lowest BCUT2D eigenvalue weighted by atomic mass is 10.2. The van der Waals surface area contributed by atoms with Crippen LogP contribution in [-0.2, 0) is 6.42 Å². The lowest BCUT2D eigenvalue weighted by molar-refractivity contribution is 0.247. The van der Waals surface area contributed by atoms with Gasteiger partial charge in [0.1, 0.15) is 12.4 Å². The summed E-state index contributed by atoms with van der Waals surface area (Å²) in [6.07, 6.45) is 0.961. The molecule has 0 bridgehead atoms. The minimum Gasteiger partial charge on any atom is -0.492 e. The fourth-order valence-electron chi connectivity index (χ4n) is 1.99. The SMILES string of the molecule is CCc1cccc(OCCNC(=O)Nc2ccc(C#N)cc2)c1. The Morgan fingerprint density at radius 2 is 2.00 bits per heavy atom. The molecule has 2 aromatic rings. The zero-order chi connectivity index (χ0) is 16.5. The molecule has 0 atom stereocenters. The molecular weight excluding hydrogens is 290 g/mol. The molecule has 0 heterocycles. The third-order valence-corrected chi connectivity index (χ3v) is 3.23. The first-order valence-electron chi connectivity index (χ1n) is 7.48. The maximum Gasteiger partial charge on any atom is 0.319 e. The van der Waals surface area contributed by atoms with Crippen molar-refractivity contribution in [2.45, 2.75) is 13.3 Å². The van der Waals surface area contributed by atoms with Gasteiger partial charge >= 0.3 is 6.03 Å². The monoisotopic (exact) mass is 309 g/mol. The molecule has 2 amide bonds. The van der Waals surface area contributed by atoms with Gasteiger partial charge in [0.15, 0.2) is 0 Å². The third kappa shape index (κ3) is 5.36. The van der Waals surface area contributed by atoms with E-state index in [9.17, 15) is 4.79 Å². The van der Waals surface area contributed by atoms with Crippen molar-refractivity contribution in [3.8, 4) is 11.8 Å². The molecule has 0 aliphatic carbocycles. The Labute approximate surface area is 135 Å². The number of urea groups is 1. The minimum absolute atomic E-state index is 0.305. The van der Waals surface area contributed by atoms with E-state index in [2.05, 4.69) is 23.6 Å². The fraction of sp³-hybridized carbons (Fsp3) is 0.222. The van der Waals surface area contributed by atoms with Crippen LogP contribution in [0.15, 0.2) is 48.5 Å². The summed E-state index contributed by atoms with van der Waals surface area (Å²) in [6, 6.07) is 16.3. The molecule has 0 saturated carbocycles. The quantitative estimate of drug-likeness (QED) is 0.804. The Bertz CT molecular complexity index is 690. The standard InChI is InChI=1S/C18H19N3O2/c1-2-14-4-3-5-17(12-14)23-11-10-20-18(22)21-16-8-6-15(13-19)7-9-16/h3-9,12H,2,10-11H2,1H3,(H2,20,21,22). The highest BCUT2D eigenvalue weighted by molar-refractivity contribution is 5.89. The van der Waals surface area contributed by atoms with Gasteiger partial charge in [0, 0.05) is 5.69 Å². The summed E-state index contributed by atoms with van der Waals surface area (Å²) in [5.74, 6) is 0.804. The number of benzene rings is 2. The van der Waals surface area contributed by atoms with Crippen LogP contribution in [0.2, 0.25) is 0 Å². The van der Waals surface area contributed by atoms with Gasteiger partial charge in [-0.1, -0.05) is 19.1 Å². The number of carbonyl (C=O) groups is 1. The second kappa shape index (κ2) is 8.44. The molecule has 0 aliphatic rings. The van der Waals surface area contributed by atoms with Gasteiger partial charge in [-0.25, -0.2) is 4.79 Å². The lowest BCUT2D eigenvalue weighted by Gasteiger charge is -2.10. The Kier molecular flexibility index (Phi) is 6.01. The van der Waals surface area contributed by atoms with Crippen LogP contribution in [0.25, 0.3) is 0 Å². The second-order valence-corrected chi connectivity index (χ2v) is 4.92. The summed E-state index contributed by atoms with van der Waals surface area (Å²) < 4.78 is 5.60. The number of ether oxygens (including phenoxy) is 1. The van der Waals surface area contributed by atoms with Gasteiger partial charge in [-0.2, -0.15) is 5.26 Å². The van der Waals surface area contributed by atoms with Crippen molar-refractivity contribution in [2.24, 2.45) is 0 Å². The molecule has 2 rings (SSSR count). The number of rotatable bonds is 6. The molecule has 0 radical (unpaired) electrons. The normalized spacial score (nSPS) is 9.74. The number of nitrogens with zero attached hydrogens (tertiary/aromatic N) is 1. The van der Waals surface area contributed by atoms with Gasteiger partial charge in [-0.05, 0) is 48.4 Å². The van der Waals surface area contributed by atoms with Crippen molar-refractivity contribution in [1.82, 2.24) is 5.32 Å². The lowest BCUT2D eigenvalue weighted by Crippen LogP contribution is -2.32. The molecule has 2 aromatic carbocycles.